The van der Waals surface area contributed by atoms with E-state index in [1.807, 2.05) is 6.29 Å². The summed E-state index contributed by atoms with van der Waals surface area (Å²) in [7, 11) is 0. The molecule has 0 aliphatic rings. The van der Waals surface area contributed by atoms with E-state index < -0.39 is 6.04 Å². The molecule has 0 spiro atoms. The predicted octanol–water partition coefficient (Wildman–Crippen LogP) is 1.04. The maximum atomic E-state index is 11.7. The van der Waals surface area contributed by atoms with Crippen molar-refractivity contribution in [1.82, 2.24) is 4.98 Å². The molecule has 1 heterocycles. The van der Waals surface area contributed by atoms with Crippen molar-refractivity contribution in [2.45, 2.75) is 32.2 Å². The van der Waals surface area contributed by atoms with E-state index in [0.29, 0.717) is 18.7 Å². The molecule has 5 nitrogen and oxygen atoms in total. The zero-order valence-electron chi connectivity index (χ0n) is 10.5. The molecule has 0 bridgehead atoms. The Morgan fingerprint density at radius 2 is 2.33 bits per heavy atom. The first kappa shape index (κ1) is 14.3. The molecule has 0 saturated carbocycles. The van der Waals surface area contributed by atoms with Crippen molar-refractivity contribution in [3.8, 4) is 0 Å². The fourth-order valence-corrected chi connectivity index (χ4v) is 1.80. The molecule has 1 amide bonds. The van der Waals surface area contributed by atoms with Gasteiger partial charge in [0, 0.05) is 13.1 Å². The Kier molecular flexibility index (Phi) is 6.00. The summed E-state index contributed by atoms with van der Waals surface area (Å²) in [5.74, 6) is -0.191. The van der Waals surface area contributed by atoms with Crippen molar-refractivity contribution in [2.24, 2.45) is 5.73 Å². The average Bonchev–Trinajstić information content (AvgIpc) is 2.38. The average molecular weight is 248 g/mol. The maximum absolute atomic E-state index is 11.7. The SMILES string of the molecule is CC(=O)N(c1cccnc1)[C@@H]([C]=O)CCCCN. The molecule has 1 atom stereocenters. The number of carbonyl (C=O) groups excluding carboxylic acids is 2. The number of carbonyl (C=O) groups is 1. The van der Waals surface area contributed by atoms with Crippen molar-refractivity contribution in [3.05, 3.63) is 24.5 Å². The molecule has 0 aliphatic heterocycles. The highest BCUT2D eigenvalue weighted by atomic mass is 16.2. The molecule has 0 aromatic carbocycles. The van der Waals surface area contributed by atoms with Crippen molar-refractivity contribution in [1.29, 1.82) is 0 Å². The molecule has 0 unspecified atom stereocenters. The molecular weight excluding hydrogens is 230 g/mol. The molecule has 18 heavy (non-hydrogen) atoms. The first-order valence-electron chi connectivity index (χ1n) is 5.98. The van der Waals surface area contributed by atoms with Gasteiger partial charge in [-0.05, 0) is 37.9 Å². The Morgan fingerprint density at radius 3 is 2.83 bits per heavy atom. The van der Waals surface area contributed by atoms with E-state index in [0.717, 1.165) is 12.8 Å². The summed E-state index contributed by atoms with van der Waals surface area (Å²) in [4.78, 5) is 28.1. The molecule has 2 N–H and O–H groups in total. The number of rotatable bonds is 7. The van der Waals surface area contributed by atoms with Crippen LogP contribution in [0.5, 0.6) is 0 Å². The van der Waals surface area contributed by atoms with E-state index in [1.165, 1.54) is 11.8 Å². The standard InChI is InChI=1S/C13H18N3O2/c1-11(18)16(12-6-4-8-15-9-12)13(10-17)5-2-3-7-14/h4,6,8-9,13H,2-3,5,7,14H2,1H3/t13-/m1/s1. The van der Waals surface area contributed by atoms with Crippen LogP contribution >= 0.6 is 0 Å². The van der Waals surface area contributed by atoms with Crippen LogP contribution in [-0.4, -0.2) is 29.8 Å². The second-order valence-electron chi connectivity index (χ2n) is 4.02. The molecule has 5 heteroatoms. The molecule has 1 rings (SSSR count). The second-order valence-corrected chi connectivity index (χ2v) is 4.02. The van der Waals surface area contributed by atoms with E-state index in [-0.39, 0.29) is 5.91 Å². The van der Waals surface area contributed by atoms with E-state index >= 15 is 0 Å². The summed E-state index contributed by atoms with van der Waals surface area (Å²) in [6, 6.07) is 2.91. The second kappa shape index (κ2) is 7.55. The van der Waals surface area contributed by atoms with Gasteiger partial charge in [-0.25, -0.2) is 0 Å². The van der Waals surface area contributed by atoms with Crippen molar-refractivity contribution >= 4 is 17.9 Å². The number of nitrogens with two attached hydrogens (primary N) is 1. The number of amides is 1. The lowest BCUT2D eigenvalue weighted by Crippen LogP contribution is -2.40. The summed E-state index contributed by atoms with van der Waals surface area (Å²) in [5, 5.41) is 0. The van der Waals surface area contributed by atoms with E-state index in [9.17, 15) is 9.59 Å². The van der Waals surface area contributed by atoms with Gasteiger partial charge in [0.05, 0.1) is 11.9 Å². The predicted molar refractivity (Wildman–Crippen MR) is 69.8 cm³/mol. The number of hydrogen-bond acceptors (Lipinski definition) is 4. The minimum Gasteiger partial charge on any atom is -0.330 e. The lowest BCUT2D eigenvalue weighted by Gasteiger charge is -2.26. The topological polar surface area (TPSA) is 76.3 Å². The van der Waals surface area contributed by atoms with Gasteiger partial charge in [-0.3, -0.25) is 14.6 Å². The van der Waals surface area contributed by atoms with Crippen LogP contribution in [0.25, 0.3) is 0 Å². The molecular formula is C13H18N3O2. The highest BCUT2D eigenvalue weighted by Crippen LogP contribution is 2.18. The van der Waals surface area contributed by atoms with Crippen LogP contribution in [0.2, 0.25) is 0 Å². The molecule has 0 saturated heterocycles. The van der Waals surface area contributed by atoms with Crippen LogP contribution in [0.4, 0.5) is 5.69 Å². The number of hydrogen-bond donors (Lipinski definition) is 1. The third-order valence-corrected chi connectivity index (χ3v) is 2.64. The molecule has 97 valence electrons. The van der Waals surface area contributed by atoms with Crippen molar-refractivity contribution in [2.75, 3.05) is 11.4 Å². The van der Waals surface area contributed by atoms with Gasteiger partial charge in [-0.1, -0.05) is 0 Å². The van der Waals surface area contributed by atoms with Gasteiger partial charge in [-0.15, -0.1) is 0 Å². The van der Waals surface area contributed by atoms with Crippen LogP contribution in [0.1, 0.15) is 26.2 Å². The number of nitrogens with zero attached hydrogens (tertiary/aromatic N) is 2. The fraction of sp³-hybridized carbons (Fsp3) is 0.462. The van der Waals surface area contributed by atoms with Gasteiger partial charge in [0.1, 0.15) is 6.04 Å². The number of anilines is 1. The van der Waals surface area contributed by atoms with Gasteiger partial charge in [0.25, 0.3) is 0 Å². The lowest BCUT2D eigenvalue weighted by molar-refractivity contribution is -0.116. The summed E-state index contributed by atoms with van der Waals surface area (Å²) in [6.45, 7) is 2.01. The van der Waals surface area contributed by atoms with Crippen molar-refractivity contribution < 1.29 is 9.59 Å². The van der Waals surface area contributed by atoms with E-state index in [1.54, 1.807) is 24.5 Å². The molecule has 1 radical (unpaired) electrons. The molecule has 0 aliphatic carbocycles. The third-order valence-electron chi connectivity index (χ3n) is 2.64. The summed E-state index contributed by atoms with van der Waals surface area (Å²) < 4.78 is 0. The Hall–Kier alpha value is -1.75. The highest BCUT2D eigenvalue weighted by Gasteiger charge is 2.22. The Balaban J connectivity index is 2.82. The van der Waals surface area contributed by atoms with Crippen molar-refractivity contribution in [3.63, 3.8) is 0 Å². The molecule has 1 aromatic rings. The summed E-state index contributed by atoms with van der Waals surface area (Å²) in [6.07, 6.45) is 7.30. The number of pyridine rings is 1. The molecule has 0 fully saturated rings. The first-order valence-corrected chi connectivity index (χ1v) is 5.98. The zero-order chi connectivity index (χ0) is 13.4. The highest BCUT2D eigenvalue weighted by molar-refractivity contribution is 5.95. The minimum absolute atomic E-state index is 0.191. The lowest BCUT2D eigenvalue weighted by atomic mass is 10.1. The van der Waals surface area contributed by atoms with Gasteiger partial charge in [0.15, 0.2) is 0 Å². The number of aromatic nitrogens is 1. The van der Waals surface area contributed by atoms with Gasteiger partial charge < -0.3 is 10.6 Å². The van der Waals surface area contributed by atoms with Crippen LogP contribution in [-0.2, 0) is 9.59 Å². The fourth-order valence-electron chi connectivity index (χ4n) is 1.80. The maximum Gasteiger partial charge on any atom is 0.224 e. The largest absolute Gasteiger partial charge is 0.330 e. The van der Waals surface area contributed by atoms with Crippen LogP contribution in [0.3, 0.4) is 0 Å². The summed E-state index contributed by atoms with van der Waals surface area (Å²) in [5.41, 5.74) is 6.03. The van der Waals surface area contributed by atoms with Gasteiger partial charge in [0.2, 0.25) is 12.2 Å². The Morgan fingerprint density at radius 1 is 1.56 bits per heavy atom. The minimum atomic E-state index is -0.571. The van der Waals surface area contributed by atoms with Crippen LogP contribution in [0.15, 0.2) is 24.5 Å². The van der Waals surface area contributed by atoms with Gasteiger partial charge in [-0.2, -0.15) is 0 Å². The first-order chi connectivity index (χ1) is 8.70. The smallest absolute Gasteiger partial charge is 0.224 e. The van der Waals surface area contributed by atoms with Crippen LogP contribution < -0.4 is 10.6 Å². The zero-order valence-corrected chi connectivity index (χ0v) is 10.5. The van der Waals surface area contributed by atoms with E-state index in [4.69, 9.17) is 5.73 Å². The van der Waals surface area contributed by atoms with Gasteiger partial charge >= 0.3 is 0 Å². The summed E-state index contributed by atoms with van der Waals surface area (Å²) >= 11 is 0. The third kappa shape index (κ3) is 3.92. The van der Waals surface area contributed by atoms with E-state index in [2.05, 4.69) is 4.98 Å². The molecule has 1 aromatic heterocycles. The van der Waals surface area contributed by atoms with Crippen LogP contribution in [0, 0.1) is 0 Å². The monoisotopic (exact) mass is 248 g/mol. The Bertz CT molecular complexity index is 381. The number of unbranched alkanes of at least 4 members (excludes halogenated alkanes) is 1. The normalized spacial score (nSPS) is 11.9. The Labute approximate surface area is 107 Å². The quantitative estimate of drug-likeness (QED) is 0.731.